The Balaban J connectivity index is 1.35. The first-order valence-corrected chi connectivity index (χ1v) is 12.1. The highest BCUT2D eigenvalue weighted by Gasteiger charge is 2.33. The van der Waals surface area contributed by atoms with E-state index in [1.165, 1.54) is 16.4 Å². The van der Waals surface area contributed by atoms with Crippen LogP contribution in [-0.2, 0) is 36.6 Å². The Kier molecular flexibility index (Phi) is 5.51. The first-order chi connectivity index (χ1) is 15.8. The SMILES string of the molecule is Cn1nc(C(=O)NCc2ccc3c(c2)OCO3)c2c1CCN(S(=O)(=O)c1cccc(Cl)c1)C2. The number of ether oxygens (including phenoxy) is 2. The van der Waals surface area contributed by atoms with Gasteiger partial charge in [0.15, 0.2) is 17.2 Å². The molecular formula is C22H21ClN4O5S. The summed E-state index contributed by atoms with van der Waals surface area (Å²) in [5.41, 5.74) is 2.53. The average Bonchev–Trinajstić information content (AvgIpc) is 3.41. The lowest BCUT2D eigenvalue weighted by Gasteiger charge is -2.27. The summed E-state index contributed by atoms with van der Waals surface area (Å²) in [7, 11) is -2.01. The molecule has 172 valence electrons. The summed E-state index contributed by atoms with van der Waals surface area (Å²) < 4.78 is 40.0. The van der Waals surface area contributed by atoms with Gasteiger partial charge >= 0.3 is 0 Å². The number of nitrogens with zero attached hydrogens (tertiary/aromatic N) is 3. The van der Waals surface area contributed by atoms with E-state index in [1.54, 1.807) is 29.9 Å². The van der Waals surface area contributed by atoms with Gasteiger partial charge in [-0.15, -0.1) is 0 Å². The van der Waals surface area contributed by atoms with Gasteiger partial charge in [0.2, 0.25) is 16.8 Å². The number of sulfonamides is 1. The summed E-state index contributed by atoms with van der Waals surface area (Å²) in [6, 6.07) is 11.6. The molecule has 0 unspecified atom stereocenters. The maximum absolute atomic E-state index is 13.2. The lowest BCUT2D eigenvalue weighted by molar-refractivity contribution is 0.0943. The molecule has 0 fully saturated rings. The molecule has 5 rings (SSSR count). The second-order valence-corrected chi connectivity index (χ2v) is 10.2. The minimum absolute atomic E-state index is 0.0603. The molecule has 3 heterocycles. The Morgan fingerprint density at radius 3 is 2.82 bits per heavy atom. The van der Waals surface area contributed by atoms with Crippen LogP contribution in [0, 0.1) is 0 Å². The van der Waals surface area contributed by atoms with Crippen LogP contribution in [0.15, 0.2) is 47.4 Å². The molecule has 0 aliphatic carbocycles. The summed E-state index contributed by atoms with van der Waals surface area (Å²) in [5, 5.41) is 7.60. The van der Waals surface area contributed by atoms with E-state index < -0.39 is 10.0 Å². The number of amides is 1. The first kappa shape index (κ1) is 21.7. The van der Waals surface area contributed by atoms with E-state index >= 15 is 0 Å². The number of hydrogen-bond donors (Lipinski definition) is 1. The van der Waals surface area contributed by atoms with Crippen molar-refractivity contribution in [3.05, 3.63) is 70.0 Å². The zero-order chi connectivity index (χ0) is 23.2. The predicted octanol–water partition coefficient (Wildman–Crippen LogP) is 2.48. The molecular weight excluding hydrogens is 468 g/mol. The molecule has 0 radical (unpaired) electrons. The van der Waals surface area contributed by atoms with E-state index in [1.807, 2.05) is 12.1 Å². The molecule has 9 nitrogen and oxygen atoms in total. The molecule has 0 bridgehead atoms. The fraction of sp³-hybridized carbons (Fsp3) is 0.273. The number of aryl methyl sites for hydroxylation is 1. The molecule has 0 spiro atoms. The third kappa shape index (κ3) is 4.05. The topological polar surface area (TPSA) is 103 Å². The van der Waals surface area contributed by atoms with Crippen LogP contribution in [0.3, 0.4) is 0 Å². The fourth-order valence-electron chi connectivity index (χ4n) is 4.05. The third-order valence-electron chi connectivity index (χ3n) is 5.75. The number of nitrogens with one attached hydrogen (secondary N) is 1. The number of aromatic nitrogens is 2. The molecule has 0 atom stereocenters. The Labute approximate surface area is 195 Å². The van der Waals surface area contributed by atoms with Crippen LogP contribution in [0.2, 0.25) is 5.02 Å². The number of halogens is 1. The monoisotopic (exact) mass is 488 g/mol. The van der Waals surface area contributed by atoms with Gasteiger partial charge in [-0.1, -0.05) is 23.7 Å². The summed E-state index contributed by atoms with van der Waals surface area (Å²) in [6.45, 7) is 0.801. The standard InChI is InChI=1S/C22H21ClN4O5S/c1-26-18-7-8-27(33(29,30)16-4-2-3-15(23)10-16)12-17(18)21(25-26)22(28)24-11-14-5-6-19-20(9-14)32-13-31-19/h2-6,9-10H,7-8,11-13H2,1H3,(H,24,28). The third-order valence-corrected chi connectivity index (χ3v) is 7.82. The second kappa shape index (κ2) is 8.36. The minimum atomic E-state index is -3.77. The van der Waals surface area contributed by atoms with Crippen LogP contribution in [0.4, 0.5) is 0 Å². The number of hydrogen-bond acceptors (Lipinski definition) is 6. The maximum atomic E-state index is 13.2. The van der Waals surface area contributed by atoms with Crippen LogP contribution in [0.1, 0.15) is 27.3 Å². The maximum Gasteiger partial charge on any atom is 0.272 e. The summed E-state index contributed by atoms with van der Waals surface area (Å²) >= 11 is 5.99. The molecule has 0 saturated carbocycles. The number of carbonyl (C=O) groups excluding carboxylic acids is 1. The molecule has 2 aliphatic heterocycles. The Bertz CT molecular complexity index is 1350. The van der Waals surface area contributed by atoms with Crippen molar-refractivity contribution in [1.82, 2.24) is 19.4 Å². The largest absolute Gasteiger partial charge is 0.454 e. The van der Waals surface area contributed by atoms with Crippen molar-refractivity contribution in [1.29, 1.82) is 0 Å². The molecule has 3 aromatic rings. The molecule has 33 heavy (non-hydrogen) atoms. The number of rotatable bonds is 5. The van der Waals surface area contributed by atoms with Crippen LogP contribution < -0.4 is 14.8 Å². The molecule has 2 aromatic carbocycles. The van der Waals surface area contributed by atoms with Crippen LogP contribution in [-0.4, -0.2) is 41.7 Å². The van der Waals surface area contributed by atoms with E-state index in [0.717, 1.165) is 11.3 Å². The highest BCUT2D eigenvalue weighted by Crippen LogP contribution is 2.32. The van der Waals surface area contributed by atoms with Crippen LogP contribution in [0.25, 0.3) is 0 Å². The van der Waals surface area contributed by atoms with E-state index in [9.17, 15) is 13.2 Å². The van der Waals surface area contributed by atoms with Crippen molar-refractivity contribution in [2.45, 2.75) is 24.4 Å². The molecule has 11 heteroatoms. The smallest absolute Gasteiger partial charge is 0.272 e. The van der Waals surface area contributed by atoms with Gasteiger partial charge in [-0.25, -0.2) is 8.42 Å². The van der Waals surface area contributed by atoms with Gasteiger partial charge in [-0.3, -0.25) is 9.48 Å². The molecule has 1 amide bonds. The van der Waals surface area contributed by atoms with E-state index in [2.05, 4.69) is 10.4 Å². The molecule has 2 aliphatic rings. The van der Waals surface area contributed by atoms with Crippen molar-refractivity contribution in [3.63, 3.8) is 0 Å². The minimum Gasteiger partial charge on any atom is -0.454 e. The van der Waals surface area contributed by atoms with Crippen molar-refractivity contribution in [3.8, 4) is 11.5 Å². The summed E-state index contributed by atoms with van der Waals surface area (Å²) in [4.78, 5) is 13.1. The van der Waals surface area contributed by atoms with Gasteiger partial charge in [0.05, 0.1) is 4.90 Å². The second-order valence-electron chi connectivity index (χ2n) is 7.81. The van der Waals surface area contributed by atoms with E-state index in [0.29, 0.717) is 35.1 Å². The van der Waals surface area contributed by atoms with Gasteiger partial charge in [0.1, 0.15) is 0 Å². The van der Waals surface area contributed by atoms with Crippen molar-refractivity contribution in [2.75, 3.05) is 13.3 Å². The quantitative estimate of drug-likeness (QED) is 0.592. The number of carbonyl (C=O) groups is 1. The molecule has 0 saturated heterocycles. The molecule has 1 N–H and O–H groups in total. The van der Waals surface area contributed by atoms with Crippen LogP contribution in [0.5, 0.6) is 11.5 Å². The molecule has 1 aromatic heterocycles. The zero-order valence-electron chi connectivity index (χ0n) is 17.7. The highest BCUT2D eigenvalue weighted by molar-refractivity contribution is 7.89. The van der Waals surface area contributed by atoms with E-state index in [-0.39, 0.29) is 36.4 Å². The van der Waals surface area contributed by atoms with Gasteiger partial charge in [0, 0.05) is 49.4 Å². The Morgan fingerprint density at radius 2 is 2.00 bits per heavy atom. The first-order valence-electron chi connectivity index (χ1n) is 10.3. The lowest BCUT2D eigenvalue weighted by atomic mass is 10.1. The van der Waals surface area contributed by atoms with Crippen molar-refractivity contribution in [2.24, 2.45) is 7.05 Å². The van der Waals surface area contributed by atoms with Gasteiger partial charge in [-0.05, 0) is 35.9 Å². The fourth-order valence-corrected chi connectivity index (χ4v) is 5.76. The average molecular weight is 489 g/mol. The lowest BCUT2D eigenvalue weighted by Crippen LogP contribution is -2.37. The van der Waals surface area contributed by atoms with Gasteiger partial charge in [-0.2, -0.15) is 9.40 Å². The van der Waals surface area contributed by atoms with Gasteiger partial charge < -0.3 is 14.8 Å². The summed E-state index contributed by atoms with van der Waals surface area (Å²) in [5.74, 6) is 0.940. The predicted molar refractivity (Wildman–Crippen MR) is 120 cm³/mol. The Morgan fingerprint density at radius 1 is 1.18 bits per heavy atom. The van der Waals surface area contributed by atoms with Crippen molar-refractivity contribution < 1.29 is 22.7 Å². The van der Waals surface area contributed by atoms with Crippen molar-refractivity contribution >= 4 is 27.5 Å². The normalized spacial score (nSPS) is 15.3. The summed E-state index contributed by atoms with van der Waals surface area (Å²) in [6.07, 6.45) is 0.452. The van der Waals surface area contributed by atoms with Gasteiger partial charge in [0.25, 0.3) is 5.91 Å². The van der Waals surface area contributed by atoms with Crippen LogP contribution >= 0.6 is 11.6 Å². The highest BCUT2D eigenvalue weighted by atomic mass is 35.5. The number of benzene rings is 2. The van der Waals surface area contributed by atoms with E-state index in [4.69, 9.17) is 21.1 Å². The number of fused-ring (bicyclic) bond motifs is 2. The zero-order valence-corrected chi connectivity index (χ0v) is 19.3. The Hall–Kier alpha value is -3.08.